The van der Waals surface area contributed by atoms with Crippen LogP contribution in [0.4, 0.5) is 17.1 Å². The van der Waals surface area contributed by atoms with Crippen LogP contribution in [0, 0.1) is 10.1 Å². The van der Waals surface area contributed by atoms with Gasteiger partial charge in [-0.15, -0.1) is 0 Å². The minimum Gasteiger partial charge on any atom is -0.358 e. The summed E-state index contributed by atoms with van der Waals surface area (Å²) in [7, 11) is 0. The molecule has 0 saturated heterocycles. The van der Waals surface area contributed by atoms with Crippen LogP contribution >= 0.6 is 0 Å². The Hall–Kier alpha value is -2.31. The summed E-state index contributed by atoms with van der Waals surface area (Å²) in [4.78, 5) is 22.0. The van der Waals surface area contributed by atoms with Crippen molar-refractivity contribution in [2.75, 3.05) is 22.5 Å². The highest BCUT2D eigenvalue weighted by molar-refractivity contribution is 6.07. The fourth-order valence-electron chi connectivity index (χ4n) is 2.51. The summed E-state index contributed by atoms with van der Waals surface area (Å²) in [6, 6.07) is 3.71. The minimum atomic E-state index is -0.576. The van der Waals surface area contributed by atoms with Gasteiger partial charge in [0.25, 0.3) is 0 Å². The number of benzene rings is 1. The summed E-state index contributed by atoms with van der Waals surface area (Å²) in [6.07, 6.45) is -0.411. The Morgan fingerprint density at radius 1 is 1.26 bits per heavy atom. The van der Waals surface area contributed by atoms with E-state index in [4.69, 9.17) is 0 Å². The van der Waals surface area contributed by atoms with Crippen molar-refractivity contribution in [2.24, 2.45) is 0 Å². The molecule has 0 aromatic heterocycles. The number of fused-ring (bicyclic) bond motifs is 2. The number of nitrogens with zero attached hydrogens (tertiary/aromatic N) is 1. The fourth-order valence-corrected chi connectivity index (χ4v) is 2.51. The van der Waals surface area contributed by atoms with Crippen LogP contribution < -0.4 is 16.0 Å². The molecule has 0 aliphatic carbocycles. The van der Waals surface area contributed by atoms with Crippen molar-refractivity contribution >= 4 is 23.0 Å². The van der Waals surface area contributed by atoms with E-state index in [0.29, 0.717) is 0 Å². The molecule has 7 heteroatoms. The van der Waals surface area contributed by atoms with E-state index < -0.39 is 11.6 Å². The summed E-state index contributed by atoms with van der Waals surface area (Å²) in [5.41, 5.74) is 2.68. The van der Waals surface area contributed by atoms with Gasteiger partial charge in [0.05, 0.1) is 16.8 Å². The van der Waals surface area contributed by atoms with Crippen LogP contribution in [-0.2, 0) is 10.2 Å². The van der Waals surface area contributed by atoms with Gasteiger partial charge < -0.3 is 16.0 Å². The molecule has 1 atom stereocenters. The van der Waals surface area contributed by atoms with Gasteiger partial charge in [0.1, 0.15) is 0 Å². The van der Waals surface area contributed by atoms with Gasteiger partial charge in [0.2, 0.25) is 12.5 Å². The highest BCUT2D eigenvalue weighted by atomic mass is 16.6. The number of nitrogens with one attached hydrogen (secondary N) is 3. The van der Waals surface area contributed by atoms with E-state index in [9.17, 15) is 14.9 Å². The lowest BCUT2D eigenvalue weighted by Gasteiger charge is -2.15. The first-order valence-corrected chi connectivity index (χ1v) is 6.03. The van der Waals surface area contributed by atoms with Crippen molar-refractivity contribution in [3.8, 4) is 0 Å². The first-order chi connectivity index (χ1) is 8.88. The maximum atomic E-state index is 11.9. The molecule has 3 N–H and O–H groups in total. The van der Waals surface area contributed by atoms with Crippen molar-refractivity contribution < 1.29 is 9.72 Å². The van der Waals surface area contributed by atoms with E-state index in [-0.39, 0.29) is 17.4 Å². The standard InChI is InChI=1S/C12H14N4O3/c1-12(2)6-3-8-9(4-7(6)15-11(12)17)14-10(13-8)5-16(18)19/h3-4,10,13-14H,5H2,1-2H3,(H,15,17). The summed E-state index contributed by atoms with van der Waals surface area (Å²) in [5, 5.41) is 19.4. The first-order valence-electron chi connectivity index (χ1n) is 6.03. The molecule has 7 nitrogen and oxygen atoms in total. The van der Waals surface area contributed by atoms with Gasteiger partial charge in [0, 0.05) is 10.6 Å². The topological polar surface area (TPSA) is 96.3 Å². The molecule has 1 unspecified atom stereocenters. The highest BCUT2D eigenvalue weighted by Crippen LogP contribution is 2.43. The van der Waals surface area contributed by atoms with Gasteiger partial charge in [-0.1, -0.05) is 0 Å². The smallest absolute Gasteiger partial charge is 0.241 e. The van der Waals surface area contributed by atoms with Crippen LogP contribution in [-0.4, -0.2) is 23.5 Å². The van der Waals surface area contributed by atoms with E-state index in [1.54, 1.807) is 0 Å². The summed E-state index contributed by atoms with van der Waals surface area (Å²) >= 11 is 0. The van der Waals surface area contributed by atoms with Crippen LogP contribution in [0.2, 0.25) is 0 Å². The molecule has 1 aromatic carbocycles. The Morgan fingerprint density at radius 3 is 2.53 bits per heavy atom. The van der Waals surface area contributed by atoms with Gasteiger partial charge >= 0.3 is 0 Å². The Bertz CT molecular complexity index is 597. The predicted molar refractivity (Wildman–Crippen MR) is 71.0 cm³/mol. The first kappa shape index (κ1) is 11.8. The number of nitro groups is 1. The quantitative estimate of drug-likeness (QED) is 0.552. The van der Waals surface area contributed by atoms with Crippen molar-refractivity contribution in [3.05, 3.63) is 27.8 Å². The van der Waals surface area contributed by atoms with E-state index >= 15 is 0 Å². The van der Waals surface area contributed by atoms with Crippen LogP contribution in [0.1, 0.15) is 19.4 Å². The van der Waals surface area contributed by atoms with Gasteiger partial charge in [-0.25, -0.2) is 0 Å². The molecular formula is C12H14N4O3. The van der Waals surface area contributed by atoms with Crippen LogP contribution in [0.15, 0.2) is 12.1 Å². The highest BCUT2D eigenvalue weighted by Gasteiger charge is 2.40. The zero-order valence-electron chi connectivity index (χ0n) is 10.6. The van der Waals surface area contributed by atoms with Gasteiger partial charge in [-0.2, -0.15) is 0 Å². The molecule has 2 heterocycles. The van der Waals surface area contributed by atoms with E-state index in [1.165, 1.54) is 0 Å². The number of rotatable bonds is 2. The third-order valence-corrected chi connectivity index (χ3v) is 3.64. The van der Waals surface area contributed by atoms with Crippen molar-refractivity contribution in [1.82, 2.24) is 0 Å². The molecule has 0 saturated carbocycles. The Kier molecular flexibility index (Phi) is 2.23. The van der Waals surface area contributed by atoms with Crippen molar-refractivity contribution in [3.63, 3.8) is 0 Å². The molecule has 1 amide bonds. The number of hydrogen-bond donors (Lipinski definition) is 3. The molecule has 2 aliphatic rings. The molecule has 2 aliphatic heterocycles. The van der Waals surface area contributed by atoms with Crippen LogP contribution in [0.5, 0.6) is 0 Å². The second-order valence-electron chi connectivity index (χ2n) is 5.38. The van der Waals surface area contributed by atoms with E-state index in [1.807, 2.05) is 26.0 Å². The molecule has 3 rings (SSSR count). The summed E-state index contributed by atoms with van der Waals surface area (Å²) < 4.78 is 0. The van der Waals surface area contributed by atoms with Gasteiger partial charge in [-0.05, 0) is 31.5 Å². The molecule has 1 aromatic rings. The molecule has 0 spiro atoms. The lowest BCUT2D eigenvalue weighted by Crippen LogP contribution is -2.30. The molecule has 0 bridgehead atoms. The Labute approximate surface area is 109 Å². The average Bonchev–Trinajstić information content (AvgIpc) is 2.76. The van der Waals surface area contributed by atoms with Crippen molar-refractivity contribution in [2.45, 2.75) is 25.4 Å². The molecule has 0 radical (unpaired) electrons. The number of amides is 1. The molecule has 19 heavy (non-hydrogen) atoms. The number of carbonyl (C=O) groups excluding carboxylic acids is 1. The monoisotopic (exact) mass is 262 g/mol. The summed E-state index contributed by atoms with van der Waals surface area (Å²) in [5.74, 6) is -0.0342. The van der Waals surface area contributed by atoms with Gasteiger partial charge in [-0.3, -0.25) is 14.9 Å². The maximum Gasteiger partial charge on any atom is 0.241 e. The van der Waals surface area contributed by atoms with Crippen molar-refractivity contribution in [1.29, 1.82) is 0 Å². The summed E-state index contributed by atoms with van der Waals surface area (Å²) in [6.45, 7) is 3.52. The van der Waals surface area contributed by atoms with Crippen LogP contribution in [0.25, 0.3) is 0 Å². The third kappa shape index (κ3) is 1.69. The largest absolute Gasteiger partial charge is 0.358 e. The van der Waals surface area contributed by atoms with Gasteiger partial charge in [0.15, 0.2) is 6.17 Å². The van der Waals surface area contributed by atoms with E-state index in [0.717, 1.165) is 22.6 Å². The zero-order chi connectivity index (χ0) is 13.8. The SMILES string of the molecule is CC1(C)C(=O)Nc2cc3c(cc21)NC(C[N+](=O)[O-])N3. The Balaban J connectivity index is 1.94. The molecular weight excluding hydrogens is 248 g/mol. The molecule has 0 fully saturated rings. The lowest BCUT2D eigenvalue weighted by atomic mass is 9.86. The molecule has 100 valence electrons. The third-order valence-electron chi connectivity index (χ3n) is 3.64. The number of anilines is 3. The number of carbonyl (C=O) groups is 1. The normalized spacial score (nSPS) is 22.0. The van der Waals surface area contributed by atoms with E-state index in [2.05, 4.69) is 16.0 Å². The predicted octanol–water partition coefficient (Wildman–Crippen LogP) is 1.36. The maximum absolute atomic E-state index is 11.9. The Morgan fingerprint density at radius 2 is 1.89 bits per heavy atom. The fraction of sp³-hybridized carbons (Fsp3) is 0.417. The zero-order valence-corrected chi connectivity index (χ0v) is 10.6. The second-order valence-corrected chi connectivity index (χ2v) is 5.38. The van der Waals surface area contributed by atoms with Crippen LogP contribution in [0.3, 0.4) is 0 Å². The lowest BCUT2D eigenvalue weighted by molar-refractivity contribution is -0.480. The minimum absolute atomic E-state index is 0.0342. The second kappa shape index (κ2) is 3.59. The number of hydrogen-bond acceptors (Lipinski definition) is 5. The average molecular weight is 262 g/mol.